The first-order valence-corrected chi connectivity index (χ1v) is 9.08. The quantitative estimate of drug-likeness (QED) is 0.701. The molecule has 142 valence electrons. The maximum Gasteiger partial charge on any atom is 0.220 e. The van der Waals surface area contributed by atoms with Crippen molar-refractivity contribution in [3.8, 4) is 11.5 Å². The van der Waals surface area contributed by atoms with Crippen LogP contribution in [0.25, 0.3) is 0 Å². The zero-order chi connectivity index (χ0) is 17.2. The Labute approximate surface area is 157 Å². The molecule has 0 atom stereocenters. The van der Waals surface area contributed by atoms with Crippen LogP contribution in [-0.4, -0.2) is 38.8 Å². The molecule has 1 amide bonds. The predicted octanol–water partition coefficient (Wildman–Crippen LogP) is 2.95. The van der Waals surface area contributed by atoms with Gasteiger partial charge in [0.1, 0.15) is 0 Å². The van der Waals surface area contributed by atoms with E-state index in [2.05, 4.69) is 10.6 Å². The summed E-state index contributed by atoms with van der Waals surface area (Å²) in [6, 6.07) is 5.99. The fraction of sp³-hybridized carbons (Fsp3) is 0.632. The van der Waals surface area contributed by atoms with Crippen LogP contribution < -0.4 is 20.1 Å². The summed E-state index contributed by atoms with van der Waals surface area (Å²) in [5.41, 5.74) is 1.14. The third-order valence-corrected chi connectivity index (χ3v) is 4.28. The van der Waals surface area contributed by atoms with Crippen LogP contribution in [0.5, 0.6) is 11.5 Å². The lowest BCUT2D eigenvalue weighted by Crippen LogP contribution is -2.33. The third kappa shape index (κ3) is 7.53. The molecule has 0 saturated carbocycles. The Morgan fingerprint density at radius 2 is 1.84 bits per heavy atom. The number of hydrogen-bond acceptors (Lipinski definition) is 4. The lowest BCUT2D eigenvalue weighted by molar-refractivity contribution is -0.122. The van der Waals surface area contributed by atoms with Crippen molar-refractivity contribution in [2.24, 2.45) is 5.92 Å². The first-order chi connectivity index (χ1) is 11.7. The molecule has 1 heterocycles. The molecule has 6 heteroatoms. The van der Waals surface area contributed by atoms with Crippen LogP contribution in [0, 0.1) is 5.92 Å². The average molecular weight is 371 g/mol. The smallest absolute Gasteiger partial charge is 0.220 e. The van der Waals surface area contributed by atoms with Crippen molar-refractivity contribution in [1.29, 1.82) is 0 Å². The van der Waals surface area contributed by atoms with Gasteiger partial charge in [0.25, 0.3) is 0 Å². The first-order valence-electron chi connectivity index (χ1n) is 9.08. The van der Waals surface area contributed by atoms with Crippen LogP contribution in [-0.2, 0) is 11.2 Å². The maximum absolute atomic E-state index is 12.0. The topological polar surface area (TPSA) is 59.6 Å². The highest BCUT2D eigenvalue weighted by molar-refractivity contribution is 5.85. The number of nitrogens with one attached hydrogen (secondary N) is 2. The molecular formula is C19H31ClN2O3. The van der Waals surface area contributed by atoms with E-state index in [0.29, 0.717) is 32.1 Å². The Morgan fingerprint density at radius 1 is 1.16 bits per heavy atom. The van der Waals surface area contributed by atoms with Crippen molar-refractivity contribution in [3.05, 3.63) is 23.8 Å². The summed E-state index contributed by atoms with van der Waals surface area (Å²) in [5.74, 6) is 2.25. The van der Waals surface area contributed by atoms with E-state index in [1.165, 1.54) is 0 Å². The van der Waals surface area contributed by atoms with Gasteiger partial charge < -0.3 is 20.1 Å². The number of amides is 1. The second-order valence-electron chi connectivity index (χ2n) is 6.14. The van der Waals surface area contributed by atoms with E-state index in [1.807, 2.05) is 32.0 Å². The van der Waals surface area contributed by atoms with Crippen LogP contribution in [0.1, 0.15) is 38.7 Å². The number of carbonyl (C=O) groups excluding carboxylic acids is 1. The minimum absolute atomic E-state index is 0. The van der Waals surface area contributed by atoms with E-state index in [4.69, 9.17) is 9.47 Å². The number of piperidine rings is 1. The van der Waals surface area contributed by atoms with Crippen molar-refractivity contribution in [2.45, 2.75) is 39.5 Å². The van der Waals surface area contributed by atoms with E-state index in [-0.39, 0.29) is 18.3 Å². The normalized spacial score (nSPS) is 14.5. The van der Waals surface area contributed by atoms with Gasteiger partial charge in [0.2, 0.25) is 5.91 Å². The predicted molar refractivity (Wildman–Crippen MR) is 103 cm³/mol. The second-order valence-corrected chi connectivity index (χ2v) is 6.14. The zero-order valence-corrected chi connectivity index (χ0v) is 16.1. The second kappa shape index (κ2) is 12.0. The molecule has 25 heavy (non-hydrogen) atoms. The van der Waals surface area contributed by atoms with Crippen molar-refractivity contribution in [2.75, 3.05) is 32.8 Å². The van der Waals surface area contributed by atoms with Gasteiger partial charge in [-0.05, 0) is 69.8 Å². The molecule has 0 bridgehead atoms. The minimum atomic E-state index is 0. The molecule has 0 radical (unpaired) electrons. The zero-order valence-electron chi connectivity index (χ0n) is 15.3. The molecule has 0 aromatic heterocycles. The summed E-state index contributed by atoms with van der Waals surface area (Å²) in [5, 5.41) is 6.37. The van der Waals surface area contributed by atoms with Gasteiger partial charge in [-0.25, -0.2) is 0 Å². The molecule has 5 nitrogen and oxygen atoms in total. The van der Waals surface area contributed by atoms with Gasteiger partial charge in [0, 0.05) is 13.0 Å². The van der Waals surface area contributed by atoms with Crippen molar-refractivity contribution in [1.82, 2.24) is 10.6 Å². The monoisotopic (exact) mass is 370 g/mol. The molecule has 1 aromatic carbocycles. The van der Waals surface area contributed by atoms with Crippen molar-refractivity contribution in [3.63, 3.8) is 0 Å². The van der Waals surface area contributed by atoms with Crippen LogP contribution in [0.4, 0.5) is 0 Å². The van der Waals surface area contributed by atoms with Crippen LogP contribution >= 0.6 is 12.4 Å². The molecule has 1 aromatic rings. The van der Waals surface area contributed by atoms with Gasteiger partial charge in [-0.3, -0.25) is 4.79 Å². The molecule has 2 rings (SSSR count). The molecule has 0 unspecified atom stereocenters. The molecule has 1 saturated heterocycles. The molecular weight excluding hydrogens is 340 g/mol. The molecule has 1 aliphatic rings. The fourth-order valence-electron chi connectivity index (χ4n) is 3.02. The van der Waals surface area contributed by atoms with Gasteiger partial charge in [-0.2, -0.15) is 0 Å². The fourth-order valence-corrected chi connectivity index (χ4v) is 3.02. The number of rotatable bonds is 9. The number of benzene rings is 1. The molecule has 0 spiro atoms. The van der Waals surface area contributed by atoms with E-state index in [0.717, 1.165) is 49.4 Å². The Hall–Kier alpha value is -1.46. The number of carbonyl (C=O) groups is 1. The summed E-state index contributed by atoms with van der Waals surface area (Å²) in [6.45, 7) is 7.87. The SMILES string of the molecule is CCOc1ccc(CCNC(=O)CC2CCNCC2)cc1OCC.Cl. The largest absolute Gasteiger partial charge is 0.490 e. The Balaban J connectivity index is 0.00000312. The summed E-state index contributed by atoms with van der Waals surface area (Å²) in [6.07, 6.45) is 3.65. The molecule has 2 N–H and O–H groups in total. The summed E-state index contributed by atoms with van der Waals surface area (Å²) >= 11 is 0. The summed E-state index contributed by atoms with van der Waals surface area (Å²) in [4.78, 5) is 12.0. The van der Waals surface area contributed by atoms with Crippen LogP contribution in [0.2, 0.25) is 0 Å². The van der Waals surface area contributed by atoms with Crippen molar-refractivity contribution >= 4 is 18.3 Å². The minimum Gasteiger partial charge on any atom is -0.490 e. The first kappa shape index (κ1) is 21.6. The van der Waals surface area contributed by atoms with Crippen LogP contribution in [0.15, 0.2) is 18.2 Å². The summed E-state index contributed by atoms with van der Waals surface area (Å²) in [7, 11) is 0. The highest BCUT2D eigenvalue weighted by Crippen LogP contribution is 2.28. The standard InChI is InChI=1S/C19H30N2O3.ClH/c1-3-23-17-6-5-15(13-18(17)24-4-2)9-12-21-19(22)14-16-7-10-20-11-8-16;/h5-6,13,16,20H,3-4,7-12,14H2,1-2H3,(H,21,22);1H. The Bertz CT molecular complexity index is 519. The van der Waals surface area contributed by atoms with E-state index in [9.17, 15) is 4.79 Å². The van der Waals surface area contributed by atoms with Crippen molar-refractivity contribution < 1.29 is 14.3 Å². The average Bonchev–Trinajstić information content (AvgIpc) is 2.58. The summed E-state index contributed by atoms with van der Waals surface area (Å²) < 4.78 is 11.2. The Morgan fingerprint density at radius 3 is 2.52 bits per heavy atom. The van der Waals surface area contributed by atoms with Gasteiger partial charge >= 0.3 is 0 Å². The molecule has 1 fully saturated rings. The van der Waals surface area contributed by atoms with E-state index in [1.54, 1.807) is 0 Å². The Kier molecular flexibility index (Phi) is 10.3. The van der Waals surface area contributed by atoms with Gasteiger partial charge in [0.15, 0.2) is 11.5 Å². The molecule has 0 aliphatic carbocycles. The van der Waals surface area contributed by atoms with Crippen LogP contribution in [0.3, 0.4) is 0 Å². The lowest BCUT2D eigenvalue weighted by atomic mass is 9.94. The highest BCUT2D eigenvalue weighted by Gasteiger charge is 2.16. The highest BCUT2D eigenvalue weighted by atomic mass is 35.5. The van der Waals surface area contributed by atoms with Gasteiger partial charge in [-0.15, -0.1) is 12.4 Å². The number of halogens is 1. The number of hydrogen-bond donors (Lipinski definition) is 2. The van der Waals surface area contributed by atoms with Gasteiger partial charge in [-0.1, -0.05) is 6.07 Å². The van der Waals surface area contributed by atoms with Gasteiger partial charge in [0.05, 0.1) is 13.2 Å². The molecule has 1 aliphatic heterocycles. The number of ether oxygens (including phenoxy) is 2. The lowest BCUT2D eigenvalue weighted by Gasteiger charge is -2.21. The van der Waals surface area contributed by atoms with E-state index >= 15 is 0 Å². The van der Waals surface area contributed by atoms with E-state index < -0.39 is 0 Å². The third-order valence-electron chi connectivity index (χ3n) is 4.28. The maximum atomic E-state index is 12.0.